The number of aromatic amines is 1. The third kappa shape index (κ3) is 5.96. The first-order chi connectivity index (χ1) is 12.9. The lowest BCUT2D eigenvalue weighted by Crippen LogP contribution is -2.24. The van der Waals surface area contributed by atoms with Crippen molar-refractivity contribution >= 4 is 29.3 Å². The van der Waals surface area contributed by atoms with E-state index < -0.39 is 0 Å². The second-order valence-corrected chi connectivity index (χ2v) is 6.82. The highest BCUT2D eigenvalue weighted by molar-refractivity contribution is 7.98. The largest absolute Gasteiger partial charge is 0.352 e. The van der Waals surface area contributed by atoms with Crippen LogP contribution in [0, 0.1) is 6.92 Å². The molecule has 8 heteroatoms. The van der Waals surface area contributed by atoms with Crippen LogP contribution in [0.3, 0.4) is 0 Å². The minimum atomic E-state index is -0.228. The number of aromatic nitrogens is 2. The van der Waals surface area contributed by atoms with E-state index in [1.54, 1.807) is 31.2 Å². The molecular weight excluding hydrogens is 364 g/mol. The van der Waals surface area contributed by atoms with Crippen molar-refractivity contribution in [3.05, 3.63) is 51.4 Å². The molecule has 27 heavy (non-hydrogen) atoms. The Bertz CT molecular complexity index is 879. The van der Waals surface area contributed by atoms with Crippen molar-refractivity contribution in [3.8, 4) is 0 Å². The number of carbonyl (C=O) groups excluding carboxylic acids is 2. The summed E-state index contributed by atoms with van der Waals surface area (Å²) in [6.45, 7) is 4.35. The van der Waals surface area contributed by atoms with E-state index in [0.717, 1.165) is 6.42 Å². The van der Waals surface area contributed by atoms with Crippen LogP contribution in [0.5, 0.6) is 0 Å². The maximum absolute atomic E-state index is 12.2. The highest BCUT2D eigenvalue weighted by Crippen LogP contribution is 2.13. The van der Waals surface area contributed by atoms with E-state index >= 15 is 0 Å². The fourth-order valence-corrected chi connectivity index (χ4v) is 2.94. The van der Waals surface area contributed by atoms with Crippen LogP contribution >= 0.6 is 11.8 Å². The SMILES string of the molecule is CCCNC(=O)c1cccc(NC(=O)CCc2c(C)nc(SC)[nH]c2=O)c1. The number of thioether (sulfide) groups is 1. The van der Waals surface area contributed by atoms with E-state index in [0.29, 0.717) is 40.6 Å². The van der Waals surface area contributed by atoms with Crippen LogP contribution in [0.4, 0.5) is 5.69 Å². The summed E-state index contributed by atoms with van der Waals surface area (Å²) in [5.74, 6) is -0.399. The van der Waals surface area contributed by atoms with Crippen molar-refractivity contribution in [1.82, 2.24) is 15.3 Å². The minimum absolute atomic E-state index is 0.149. The van der Waals surface area contributed by atoms with Gasteiger partial charge in [-0.1, -0.05) is 24.8 Å². The third-order valence-corrected chi connectivity index (χ3v) is 4.52. The van der Waals surface area contributed by atoms with Gasteiger partial charge in [-0.2, -0.15) is 0 Å². The summed E-state index contributed by atoms with van der Waals surface area (Å²) in [5, 5.41) is 6.13. The van der Waals surface area contributed by atoms with Crippen LogP contribution in [0.1, 0.15) is 41.4 Å². The number of nitrogens with zero attached hydrogens (tertiary/aromatic N) is 1. The molecule has 144 valence electrons. The Balaban J connectivity index is 1.99. The third-order valence-electron chi connectivity index (χ3n) is 3.94. The molecule has 1 aromatic carbocycles. The molecule has 0 unspecified atom stereocenters. The first-order valence-corrected chi connectivity index (χ1v) is 9.99. The summed E-state index contributed by atoms with van der Waals surface area (Å²) in [5.41, 5.74) is 1.96. The summed E-state index contributed by atoms with van der Waals surface area (Å²) < 4.78 is 0. The van der Waals surface area contributed by atoms with Gasteiger partial charge in [-0.3, -0.25) is 14.4 Å². The van der Waals surface area contributed by atoms with Crippen LogP contribution in [0.2, 0.25) is 0 Å². The molecule has 0 radical (unpaired) electrons. The van der Waals surface area contributed by atoms with Gasteiger partial charge in [0.1, 0.15) is 0 Å². The van der Waals surface area contributed by atoms with E-state index in [4.69, 9.17) is 0 Å². The Morgan fingerprint density at radius 3 is 2.74 bits per heavy atom. The molecule has 2 aromatic rings. The van der Waals surface area contributed by atoms with E-state index in [9.17, 15) is 14.4 Å². The van der Waals surface area contributed by atoms with Crippen molar-refractivity contribution in [1.29, 1.82) is 0 Å². The normalized spacial score (nSPS) is 10.5. The minimum Gasteiger partial charge on any atom is -0.352 e. The maximum atomic E-state index is 12.2. The van der Waals surface area contributed by atoms with Gasteiger partial charge in [-0.05, 0) is 44.2 Å². The highest BCUT2D eigenvalue weighted by atomic mass is 32.2. The standard InChI is InChI=1S/C19H24N4O3S/c1-4-10-20-17(25)13-6-5-7-14(11-13)22-16(24)9-8-15-12(2)21-19(27-3)23-18(15)26/h5-7,11H,4,8-10H2,1-3H3,(H,20,25)(H,22,24)(H,21,23,26). The van der Waals surface area contributed by atoms with Gasteiger partial charge in [0.15, 0.2) is 5.16 Å². The number of H-pyrrole nitrogens is 1. The van der Waals surface area contributed by atoms with Gasteiger partial charge < -0.3 is 15.6 Å². The second kappa shape index (κ2) is 9.91. The lowest BCUT2D eigenvalue weighted by Gasteiger charge is -2.09. The zero-order valence-electron chi connectivity index (χ0n) is 15.7. The average Bonchev–Trinajstić information content (AvgIpc) is 2.65. The lowest BCUT2D eigenvalue weighted by atomic mass is 10.1. The summed E-state index contributed by atoms with van der Waals surface area (Å²) >= 11 is 1.36. The molecule has 0 saturated carbocycles. The molecule has 0 saturated heterocycles. The number of rotatable bonds is 8. The molecule has 0 aliphatic carbocycles. The van der Waals surface area contributed by atoms with Crippen LogP contribution in [-0.4, -0.2) is 34.6 Å². The zero-order chi connectivity index (χ0) is 19.8. The summed E-state index contributed by atoms with van der Waals surface area (Å²) in [6.07, 6.45) is 3.14. The molecule has 0 bridgehead atoms. The van der Waals surface area contributed by atoms with E-state index in [1.807, 2.05) is 13.2 Å². The smallest absolute Gasteiger partial charge is 0.254 e. The zero-order valence-corrected chi connectivity index (χ0v) is 16.5. The summed E-state index contributed by atoms with van der Waals surface area (Å²) in [6, 6.07) is 6.77. The van der Waals surface area contributed by atoms with Gasteiger partial charge in [0.2, 0.25) is 5.91 Å². The van der Waals surface area contributed by atoms with E-state index in [-0.39, 0.29) is 23.8 Å². The van der Waals surface area contributed by atoms with Crippen LogP contribution in [0.25, 0.3) is 0 Å². The average molecular weight is 388 g/mol. The molecule has 0 spiro atoms. The molecule has 1 aromatic heterocycles. The molecule has 0 aliphatic heterocycles. The Kier molecular flexibility index (Phi) is 7.60. The van der Waals surface area contributed by atoms with Gasteiger partial charge >= 0.3 is 0 Å². The lowest BCUT2D eigenvalue weighted by molar-refractivity contribution is -0.116. The fourth-order valence-electron chi connectivity index (χ4n) is 2.52. The van der Waals surface area contributed by atoms with Crippen molar-refractivity contribution in [2.45, 2.75) is 38.3 Å². The molecule has 1 heterocycles. The van der Waals surface area contributed by atoms with Crippen LogP contribution < -0.4 is 16.2 Å². The summed E-state index contributed by atoms with van der Waals surface area (Å²) in [7, 11) is 0. The van der Waals surface area contributed by atoms with Gasteiger partial charge in [0.05, 0.1) is 0 Å². The molecule has 2 amide bonds. The molecule has 7 nitrogen and oxygen atoms in total. The number of anilines is 1. The molecule has 2 rings (SSSR count). The van der Waals surface area contributed by atoms with E-state index in [1.165, 1.54) is 11.8 Å². The first-order valence-electron chi connectivity index (χ1n) is 8.76. The quantitative estimate of drug-likeness (QED) is 0.476. The Hall–Kier alpha value is -2.61. The van der Waals surface area contributed by atoms with Gasteiger partial charge in [-0.25, -0.2) is 4.98 Å². The van der Waals surface area contributed by atoms with E-state index in [2.05, 4.69) is 20.6 Å². The topological polar surface area (TPSA) is 104 Å². The monoisotopic (exact) mass is 388 g/mol. The Morgan fingerprint density at radius 1 is 1.30 bits per heavy atom. The molecular formula is C19H24N4O3S. The number of carbonyl (C=O) groups is 2. The summed E-state index contributed by atoms with van der Waals surface area (Å²) in [4.78, 5) is 43.4. The molecule has 0 fully saturated rings. The number of hydrogen-bond acceptors (Lipinski definition) is 5. The number of amides is 2. The van der Waals surface area contributed by atoms with Crippen LogP contribution in [-0.2, 0) is 11.2 Å². The Morgan fingerprint density at radius 2 is 2.07 bits per heavy atom. The molecule has 3 N–H and O–H groups in total. The van der Waals surface area contributed by atoms with Crippen LogP contribution in [0.15, 0.2) is 34.2 Å². The number of benzene rings is 1. The first kappa shape index (κ1) is 20.7. The predicted octanol–water partition coefficient (Wildman–Crippen LogP) is 2.51. The van der Waals surface area contributed by atoms with Gasteiger partial charge in [0.25, 0.3) is 11.5 Å². The number of aryl methyl sites for hydroxylation is 1. The van der Waals surface area contributed by atoms with Gasteiger partial charge in [0, 0.05) is 35.5 Å². The van der Waals surface area contributed by atoms with Crippen molar-refractivity contribution in [2.75, 3.05) is 18.1 Å². The van der Waals surface area contributed by atoms with Gasteiger partial charge in [-0.15, -0.1) is 0 Å². The number of nitrogens with one attached hydrogen (secondary N) is 3. The highest BCUT2D eigenvalue weighted by Gasteiger charge is 2.11. The molecule has 0 atom stereocenters. The second-order valence-electron chi connectivity index (χ2n) is 6.02. The number of hydrogen-bond donors (Lipinski definition) is 3. The van der Waals surface area contributed by atoms with Crippen molar-refractivity contribution in [3.63, 3.8) is 0 Å². The van der Waals surface area contributed by atoms with Crippen molar-refractivity contribution in [2.24, 2.45) is 0 Å². The van der Waals surface area contributed by atoms with Crippen molar-refractivity contribution < 1.29 is 9.59 Å². The fraction of sp³-hybridized carbons (Fsp3) is 0.368. The predicted molar refractivity (Wildman–Crippen MR) is 107 cm³/mol. The maximum Gasteiger partial charge on any atom is 0.254 e. The Labute approximate surface area is 162 Å². The molecule has 0 aliphatic rings.